The van der Waals surface area contributed by atoms with Crippen LogP contribution in [0.3, 0.4) is 0 Å². The highest BCUT2D eigenvalue weighted by molar-refractivity contribution is 5.63. The second-order valence-corrected chi connectivity index (χ2v) is 4.45. The van der Waals surface area contributed by atoms with Crippen LogP contribution in [0.25, 0.3) is 11.4 Å². The topological polar surface area (TPSA) is 108 Å². The number of benzene rings is 1. The lowest BCUT2D eigenvalue weighted by atomic mass is 10.1. The van der Waals surface area contributed by atoms with Crippen molar-refractivity contribution in [1.29, 1.82) is 0 Å². The smallest absolute Gasteiger partial charge is 0.270 e. The molecule has 0 aliphatic heterocycles. The number of rotatable bonds is 4. The van der Waals surface area contributed by atoms with Crippen molar-refractivity contribution >= 4 is 5.69 Å². The van der Waals surface area contributed by atoms with Gasteiger partial charge in [0.2, 0.25) is 11.7 Å². The molecule has 0 bridgehead atoms. The molecule has 1 aromatic carbocycles. The summed E-state index contributed by atoms with van der Waals surface area (Å²) in [6.45, 7) is 3.67. The normalized spacial score (nSPS) is 12.4. The van der Waals surface area contributed by atoms with Gasteiger partial charge in [-0.15, -0.1) is 0 Å². The maximum Gasteiger partial charge on any atom is 0.270 e. The minimum atomic E-state index is -0.452. The third kappa shape index (κ3) is 2.94. The molecule has 0 amide bonds. The number of aromatic nitrogens is 2. The van der Waals surface area contributed by atoms with Crippen LogP contribution in [0.4, 0.5) is 5.69 Å². The Kier molecular flexibility index (Phi) is 3.57. The zero-order chi connectivity index (χ0) is 14.0. The Labute approximate surface area is 109 Å². The molecule has 0 aliphatic carbocycles. The maximum absolute atomic E-state index is 10.8. The number of aryl methyl sites for hydroxylation is 1. The fraction of sp³-hybridized carbons (Fsp3) is 0.333. The van der Waals surface area contributed by atoms with Gasteiger partial charge in [0.1, 0.15) is 0 Å². The van der Waals surface area contributed by atoms with Crippen LogP contribution in [0.1, 0.15) is 18.4 Å². The van der Waals surface area contributed by atoms with Gasteiger partial charge in [0.25, 0.3) is 5.69 Å². The predicted molar refractivity (Wildman–Crippen MR) is 68.5 cm³/mol. The van der Waals surface area contributed by atoms with Crippen LogP contribution in [-0.2, 0) is 6.42 Å². The zero-order valence-electron chi connectivity index (χ0n) is 10.7. The van der Waals surface area contributed by atoms with Crippen LogP contribution in [-0.4, -0.2) is 21.1 Å². The summed E-state index contributed by atoms with van der Waals surface area (Å²) in [5.74, 6) is 0.771. The van der Waals surface area contributed by atoms with E-state index in [1.807, 2.05) is 13.8 Å². The fourth-order valence-electron chi connectivity index (χ4n) is 1.69. The van der Waals surface area contributed by atoms with Gasteiger partial charge in [-0.3, -0.25) is 10.1 Å². The third-order valence-electron chi connectivity index (χ3n) is 2.64. The summed E-state index contributed by atoms with van der Waals surface area (Å²) >= 11 is 0. The van der Waals surface area contributed by atoms with Crippen LogP contribution < -0.4 is 5.73 Å². The van der Waals surface area contributed by atoms with Crippen molar-refractivity contribution in [2.45, 2.75) is 26.3 Å². The van der Waals surface area contributed by atoms with E-state index in [-0.39, 0.29) is 11.7 Å². The molecule has 1 heterocycles. The number of hydrogen-bond donors (Lipinski definition) is 1. The highest BCUT2D eigenvalue weighted by Gasteiger charge is 2.15. The number of non-ortho nitro benzene ring substituents is 1. The molecule has 7 nitrogen and oxygen atoms in total. The van der Waals surface area contributed by atoms with E-state index in [0.29, 0.717) is 23.7 Å². The minimum absolute atomic E-state index is 0.000794. The lowest BCUT2D eigenvalue weighted by Gasteiger charge is -2.00. The molecular formula is C12H14N4O3. The van der Waals surface area contributed by atoms with Crippen LogP contribution in [0.15, 0.2) is 22.7 Å². The van der Waals surface area contributed by atoms with E-state index in [0.717, 1.165) is 5.56 Å². The number of nitrogens with zero attached hydrogens (tertiary/aromatic N) is 3. The number of hydrogen-bond acceptors (Lipinski definition) is 6. The first-order valence-corrected chi connectivity index (χ1v) is 5.81. The molecule has 2 aromatic rings. The summed E-state index contributed by atoms with van der Waals surface area (Å²) in [4.78, 5) is 14.5. The van der Waals surface area contributed by atoms with Gasteiger partial charge in [-0.2, -0.15) is 4.98 Å². The molecule has 0 aliphatic rings. The van der Waals surface area contributed by atoms with Gasteiger partial charge >= 0.3 is 0 Å². The summed E-state index contributed by atoms with van der Waals surface area (Å²) in [5, 5.41) is 14.6. The molecule has 1 atom stereocenters. The molecular weight excluding hydrogens is 248 g/mol. The maximum atomic E-state index is 10.8. The van der Waals surface area contributed by atoms with Gasteiger partial charge in [-0.25, -0.2) is 0 Å². The van der Waals surface area contributed by atoms with Crippen LogP contribution in [0.5, 0.6) is 0 Å². The van der Waals surface area contributed by atoms with E-state index in [2.05, 4.69) is 10.1 Å². The van der Waals surface area contributed by atoms with Gasteiger partial charge in [-0.1, -0.05) is 11.2 Å². The fourth-order valence-corrected chi connectivity index (χ4v) is 1.69. The average molecular weight is 262 g/mol. The summed E-state index contributed by atoms with van der Waals surface area (Å²) in [7, 11) is 0. The highest BCUT2D eigenvalue weighted by atomic mass is 16.6. The zero-order valence-corrected chi connectivity index (χ0v) is 10.7. The summed E-state index contributed by atoms with van der Waals surface area (Å²) in [5.41, 5.74) is 7.09. The first-order chi connectivity index (χ1) is 8.97. The van der Waals surface area contributed by atoms with Gasteiger partial charge in [0, 0.05) is 30.2 Å². The lowest BCUT2D eigenvalue weighted by Crippen LogP contribution is -2.17. The molecule has 7 heteroatoms. The quantitative estimate of drug-likeness (QED) is 0.665. The van der Waals surface area contributed by atoms with Crippen LogP contribution in [0, 0.1) is 17.0 Å². The standard InChI is InChI=1S/C12H14N4O3/c1-7-3-4-9(16(17)18)6-10(7)12-14-11(19-15-12)5-8(2)13/h3-4,6,8H,5,13H2,1-2H3. The van der Waals surface area contributed by atoms with Crippen molar-refractivity contribution in [2.75, 3.05) is 0 Å². The van der Waals surface area contributed by atoms with Crippen molar-refractivity contribution in [1.82, 2.24) is 10.1 Å². The Balaban J connectivity index is 2.38. The van der Waals surface area contributed by atoms with E-state index in [9.17, 15) is 10.1 Å². The van der Waals surface area contributed by atoms with Crippen molar-refractivity contribution in [3.8, 4) is 11.4 Å². The number of nitro benzene ring substituents is 1. The number of nitro groups is 1. The van der Waals surface area contributed by atoms with Gasteiger partial charge < -0.3 is 10.3 Å². The molecule has 0 fully saturated rings. The first kappa shape index (κ1) is 13.2. The average Bonchev–Trinajstić information content (AvgIpc) is 2.76. The van der Waals surface area contributed by atoms with Crippen molar-refractivity contribution in [2.24, 2.45) is 5.73 Å². The molecule has 1 unspecified atom stereocenters. The molecule has 0 radical (unpaired) electrons. The van der Waals surface area contributed by atoms with Gasteiger partial charge in [-0.05, 0) is 19.4 Å². The molecule has 0 saturated heterocycles. The van der Waals surface area contributed by atoms with Gasteiger partial charge in [0.05, 0.1) is 4.92 Å². The first-order valence-electron chi connectivity index (χ1n) is 5.81. The summed E-state index contributed by atoms with van der Waals surface area (Å²) in [6.07, 6.45) is 0.473. The van der Waals surface area contributed by atoms with Gasteiger partial charge in [0.15, 0.2) is 0 Å². The molecule has 2 rings (SSSR count). The van der Waals surface area contributed by atoms with Crippen molar-refractivity contribution in [3.05, 3.63) is 39.8 Å². The Morgan fingerprint density at radius 1 is 1.53 bits per heavy atom. The van der Waals surface area contributed by atoms with Crippen molar-refractivity contribution in [3.63, 3.8) is 0 Å². The Morgan fingerprint density at radius 3 is 2.89 bits per heavy atom. The van der Waals surface area contributed by atoms with Crippen LogP contribution >= 0.6 is 0 Å². The largest absolute Gasteiger partial charge is 0.339 e. The highest BCUT2D eigenvalue weighted by Crippen LogP contribution is 2.25. The van der Waals surface area contributed by atoms with E-state index in [1.165, 1.54) is 12.1 Å². The second kappa shape index (κ2) is 5.15. The Morgan fingerprint density at radius 2 is 2.26 bits per heavy atom. The van der Waals surface area contributed by atoms with E-state index >= 15 is 0 Å². The summed E-state index contributed by atoms with van der Waals surface area (Å²) in [6, 6.07) is 4.46. The molecule has 0 spiro atoms. The lowest BCUT2D eigenvalue weighted by molar-refractivity contribution is -0.384. The molecule has 100 valence electrons. The minimum Gasteiger partial charge on any atom is -0.339 e. The predicted octanol–water partition coefficient (Wildman–Crippen LogP) is 1.84. The van der Waals surface area contributed by atoms with E-state index in [4.69, 9.17) is 10.3 Å². The molecule has 19 heavy (non-hydrogen) atoms. The molecule has 1 aromatic heterocycles. The second-order valence-electron chi connectivity index (χ2n) is 4.45. The third-order valence-corrected chi connectivity index (χ3v) is 2.64. The van der Waals surface area contributed by atoms with Crippen LogP contribution in [0.2, 0.25) is 0 Å². The monoisotopic (exact) mass is 262 g/mol. The Hall–Kier alpha value is -2.28. The molecule has 2 N–H and O–H groups in total. The molecule has 0 saturated carbocycles. The van der Waals surface area contributed by atoms with Crippen molar-refractivity contribution < 1.29 is 9.45 Å². The SMILES string of the molecule is Cc1ccc([N+](=O)[O-])cc1-c1noc(CC(C)N)n1. The van der Waals surface area contributed by atoms with E-state index in [1.54, 1.807) is 6.07 Å². The Bertz CT molecular complexity index is 607. The summed E-state index contributed by atoms with van der Waals surface area (Å²) < 4.78 is 5.07. The van der Waals surface area contributed by atoms with E-state index < -0.39 is 4.92 Å². The number of nitrogens with two attached hydrogens (primary N) is 1.